The molecule has 0 bridgehead atoms. The first-order chi connectivity index (χ1) is 12.0. The van der Waals surface area contributed by atoms with E-state index < -0.39 is 0 Å². The molecule has 3 fully saturated rings. The topological polar surface area (TPSA) is 35.6 Å². The van der Waals surface area contributed by atoms with E-state index in [2.05, 4.69) is 38.9 Å². The SMILES string of the molecule is CC(=O)N(Cc1ccsc1)C1CC12CCN(CC1(C)CCNC1)CC2.Cl. The maximum Gasteiger partial charge on any atom is 0.220 e. The Hall–Kier alpha value is -0.620. The van der Waals surface area contributed by atoms with Crippen molar-refractivity contribution in [2.45, 2.75) is 52.1 Å². The van der Waals surface area contributed by atoms with Gasteiger partial charge < -0.3 is 15.1 Å². The van der Waals surface area contributed by atoms with Crippen molar-refractivity contribution < 1.29 is 4.79 Å². The highest BCUT2D eigenvalue weighted by Crippen LogP contribution is 2.57. The second-order valence-corrected chi connectivity index (χ2v) is 9.65. The van der Waals surface area contributed by atoms with Gasteiger partial charge in [0.1, 0.15) is 0 Å². The number of hydrogen-bond donors (Lipinski definition) is 1. The number of nitrogens with one attached hydrogen (secondary N) is 1. The first-order valence-electron chi connectivity index (χ1n) is 9.71. The van der Waals surface area contributed by atoms with Crippen LogP contribution >= 0.6 is 23.7 Å². The van der Waals surface area contributed by atoms with Crippen molar-refractivity contribution in [2.24, 2.45) is 10.8 Å². The molecule has 2 atom stereocenters. The maximum atomic E-state index is 12.2. The lowest BCUT2D eigenvalue weighted by Crippen LogP contribution is -2.44. The molecule has 6 heteroatoms. The summed E-state index contributed by atoms with van der Waals surface area (Å²) < 4.78 is 0. The molecule has 1 N–H and O–H groups in total. The van der Waals surface area contributed by atoms with Gasteiger partial charge in [0.05, 0.1) is 0 Å². The Balaban J connectivity index is 0.00000196. The molecule has 1 aromatic rings. The fraction of sp³-hybridized carbons (Fsp3) is 0.750. The molecule has 1 spiro atoms. The van der Waals surface area contributed by atoms with E-state index in [0.29, 0.717) is 16.9 Å². The van der Waals surface area contributed by atoms with Crippen LogP contribution in [0.1, 0.15) is 45.1 Å². The average molecular weight is 398 g/mol. The Kier molecular flexibility index (Phi) is 6.02. The van der Waals surface area contributed by atoms with Crippen molar-refractivity contribution in [2.75, 3.05) is 32.7 Å². The molecule has 4 nitrogen and oxygen atoms in total. The lowest BCUT2D eigenvalue weighted by atomic mass is 9.86. The molecule has 1 saturated carbocycles. The minimum Gasteiger partial charge on any atom is -0.335 e. The summed E-state index contributed by atoms with van der Waals surface area (Å²) in [5, 5.41) is 7.79. The predicted octanol–water partition coefficient (Wildman–Crippen LogP) is 3.37. The second kappa shape index (κ2) is 7.78. The van der Waals surface area contributed by atoms with Gasteiger partial charge in [0.15, 0.2) is 0 Å². The summed E-state index contributed by atoms with van der Waals surface area (Å²) in [4.78, 5) is 17.0. The highest BCUT2D eigenvalue weighted by Gasteiger charge is 2.58. The standard InChI is InChI=1S/C20H31N3OS.ClH/c1-16(24)23(12-17-3-10-25-13-17)18-11-20(18)5-8-22(9-6-20)15-19(2)4-7-21-14-19;/h3,10,13,18,21H,4-9,11-12,14-15H2,1-2H3;1H. The molecule has 146 valence electrons. The first-order valence-corrected chi connectivity index (χ1v) is 10.7. The highest BCUT2D eigenvalue weighted by atomic mass is 35.5. The minimum atomic E-state index is 0. The molecule has 26 heavy (non-hydrogen) atoms. The number of piperidine rings is 1. The Morgan fingerprint density at radius 1 is 1.38 bits per heavy atom. The van der Waals surface area contributed by atoms with Crippen LogP contribution in [0.5, 0.6) is 0 Å². The first kappa shape index (κ1) is 20.1. The van der Waals surface area contributed by atoms with Crippen LogP contribution in [0.25, 0.3) is 0 Å². The molecule has 1 aliphatic carbocycles. The summed E-state index contributed by atoms with van der Waals surface area (Å²) in [7, 11) is 0. The van der Waals surface area contributed by atoms with Gasteiger partial charge in [0.25, 0.3) is 0 Å². The van der Waals surface area contributed by atoms with Crippen LogP contribution in [0, 0.1) is 10.8 Å². The van der Waals surface area contributed by atoms with Gasteiger partial charge in [0, 0.05) is 32.6 Å². The quantitative estimate of drug-likeness (QED) is 0.827. The van der Waals surface area contributed by atoms with Crippen LogP contribution in [0.2, 0.25) is 0 Å². The number of nitrogens with zero attached hydrogens (tertiary/aromatic N) is 2. The Morgan fingerprint density at radius 3 is 2.73 bits per heavy atom. The van der Waals surface area contributed by atoms with Crippen molar-refractivity contribution >= 4 is 29.7 Å². The van der Waals surface area contributed by atoms with Crippen molar-refractivity contribution in [3.63, 3.8) is 0 Å². The number of hydrogen-bond acceptors (Lipinski definition) is 4. The number of likely N-dealkylation sites (tertiary alicyclic amines) is 1. The van der Waals surface area contributed by atoms with Crippen LogP contribution in [-0.2, 0) is 11.3 Å². The van der Waals surface area contributed by atoms with Crippen LogP contribution in [0.4, 0.5) is 0 Å². The Bertz CT molecular complexity index is 607. The van der Waals surface area contributed by atoms with Crippen molar-refractivity contribution in [3.05, 3.63) is 22.4 Å². The average Bonchev–Trinajstić information content (AvgIpc) is 2.96. The summed E-state index contributed by atoms with van der Waals surface area (Å²) >= 11 is 1.72. The molecular formula is C20H32ClN3OS. The number of rotatable bonds is 5. The lowest BCUT2D eigenvalue weighted by molar-refractivity contribution is -0.130. The largest absolute Gasteiger partial charge is 0.335 e. The third kappa shape index (κ3) is 4.11. The molecule has 3 heterocycles. The monoisotopic (exact) mass is 397 g/mol. The summed E-state index contributed by atoms with van der Waals surface area (Å²) in [6, 6.07) is 2.62. The van der Waals surface area contributed by atoms with E-state index in [9.17, 15) is 4.79 Å². The van der Waals surface area contributed by atoms with Gasteiger partial charge >= 0.3 is 0 Å². The summed E-state index contributed by atoms with van der Waals surface area (Å²) in [6.07, 6.45) is 5.03. The van der Waals surface area contributed by atoms with Gasteiger partial charge in [-0.1, -0.05) is 6.92 Å². The van der Waals surface area contributed by atoms with Crippen LogP contribution in [-0.4, -0.2) is 54.5 Å². The van der Waals surface area contributed by atoms with E-state index in [0.717, 1.165) is 13.1 Å². The van der Waals surface area contributed by atoms with E-state index in [1.165, 1.54) is 57.4 Å². The van der Waals surface area contributed by atoms with Gasteiger partial charge in [0.2, 0.25) is 5.91 Å². The zero-order valence-corrected chi connectivity index (χ0v) is 17.6. The zero-order valence-electron chi connectivity index (χ0n) is 16.0. The number of halogens is 1. The molecule has 0 radical (unpaired) electrons. The fourth-order valence-electron chi connectivity index (χ4n) is 5.02. The second-order valence-electron chi connectivity index (χ2n) is 8.87. The van der Waals surface area contributed by atoms with Gasteiger partial charge in [-0.15, -0.1) is 12.4 Å². The Labute approximate surface area is 167 Å². The van der Waals surface area contributed by atoms with E-state index in [-0.39, 0.29) is 18.3 Å². The normalized spacial score (nSPS) is 30.2. The lowest BCUT2D eigenvalue weighted by Gasteiger charge is -2.38. The third-order valence-electron chi connectivity index (χ3n) is 6.77. The Morgan fingerprint density at radius 2 is 2.15 bits per heavy atom. The van der Waals surface area contributed by atoms with E-state index in [1.54, 1.807) is 18.3 Å². The van der Waals surface area contributed by atoms with Crippen molar-refractivity contribution in [1.29, 1.82) is 0 Å². The van der Waals surface area contributed by atoms with Gasteiger partial charge in [-0.3, -0.25) is 4.79 Å². The number of thiophene rings is 1. The molecule has 1 amide bonds. The maximum absolute atomic E-state index is 12.2. The van der Waals surface area contributed by atoms with Crippen LogP contribution in [0.3, 0.4) is 0 Å². The number of amides is 1. The summed E-state index contributed by atoms with van der Waals surface area (Å²) in [5.41, 5.74) is 2.14. The number of carbonyl (C=O) groups is 1. The van der Waals surface area contributed by atoms with E-state index >= 15 is 0 Å². The molecular weight excluding hydrogens is 366 g/mol. The minimum absolute atomic E-state index is 0. The molecule has 2 aliphatic heterocycles. The smallest absolute Gasteiger partial charge is 0.220 e. The van der Waals surface area contributed by atoms with Gasteiger partial charge in [-0.2, -0.15) is 11.3 Å². The van der Waals surface area contributed by atoms with Crippen molar-refractivity contribution in [3.8, 4) is 0 Å². The molecule has 2 unspecified atom stereocenters. The summed E-state index contributed by atoms with van der Waals surface area (Å²) in [5.74, 6) is 0.236. The highest BCUT2D eigenvalue weighted by molar-refractivity contribution is 7.07. The van der Waals surface area contributed by atoms with Crippen molar-refractivity contribution in [1.82, 2.24) is 15.1 Å². The van der Waals surface area contributed by atoms with Crippen LogP contribution < -0.4 is 5.32 Å². The van der Waals surface area contributed by atoms with E-state index in [4.69, 9.17) is 0 Å². The predicted molar refractivity (Wildman–Crippen MR) is 110 cm³/mol. The molecule has 4 rings (SSSR count). The molecule has 3 aliphatic rings. The molecule has 2 saturated heterocycles. The van der Waals surface area contributed by atoms with Gasteiger partial charge in [-0.05, 0) is 78.5 Å². The fourth-order valence-corrected chi connectivity index (χ4v) is 5.68. The van der Waals surface area contributed by atoms with E-state index in [1.807, 2.05) is 0 Å². The molecule has 0 aromatic carbocycles. The third-order valence-corrected chi connectivity index (χ3v) is 7.51. The molecule has 1 aromatic heterocycles. The number of carbonyl (C=O) groups excluding carboxylic acids is 1. The van der Waals surface area contributed by atoms with Crippen LogP contribution in [0.15, 0.2) is 16.8 Å². The zero-order chi connectivity index (χ0) is 17.5. The summed E-state index contributed by atoms with van der Waals surface area (Å²) in [6.45, 7) is 10.9. The van der Waals surface area contributed by atoms with Gasteiger partial charge in [-0.25, -0.2) is 0 Å².